The van der Waals surface area contributed by atoms with E-state index >= 15 is 0 Å². The minimum atomic E-state index is 0.422. The molecule has 3 heterocycles. The minimum absolute atomic E-state index is 0.422. The smallest absolute Gasteiger partial charge is 0.261 e. The number of nitrogens with zero attached hydrogens (tertiary/aromatic N) is 4. The largest absolute Gasteiger partial charge is 0.334 e. The summed E-state index contributed by atoms with van der Waals surface area (Å²) in [5.74, 6) is 1.81. The molecule has 90 valence electrons. The molecule has 0 aromatic carbocycles. The van der Waals surface area contributed by atoms with E-state index in [2.05, 4.69) is 20.6 Å². The van der Waals surface area contributed by atoms with Gasteiger partial charge in [0.05, 0.1) is 11.8 Å². The molecular weight excluding hydrogens is 218 g/mol. The van der Waals surface area contributed by atoms with Crippen LogP contribution in [0.3, 0.4) is 0 Å². The molecular formula is C11H15N5O. The van der Waals surface area contributed by atoms with E-state index in [1.165, 1.54) is 0 Å². The third kappa shape index (κ3) is 2.08. The van der Waals surface area contributed by atoms with E-state index in [-0.39, 0.29) is 0 Å². The van der Waals surface area contributed by atoms with Crippen LogP contribution in [-0.4, -0.2) is 33.0 Å². The van der Waals surface area contributed by atoms with E-state index in [0.29, 0.717) is 11.8 Å². The van der Waals surface area contributed by atoms with E-state index in [0.717, 1.165) is 37.3 Å². The molecule has 1 aliphatic heterocycles. The molecule has 0 aliphatic carbocycles. The van der Waals surface area contributed by atoms with Crippen molar-refractivity contribution in [3.05, 3.63) is 18.2 Å². The van der Waals surface area contributed by atoms with Crippen molar-refractivity contribution >= 4 is 0 Å². The molecule has 1 aliphatic rings. The van der Waals surface area contributed by atoms with Crippen molar-refractivity contribution in [2.24, 2.45) is 7.05 Å². The molecule has 0 atom stereocenters. The average molecular weight is 233 g/mol. The van der Waals surface area contributed by atoms with Crippen LogP contribution in [0, 0.1) is 0 Å². The van der Waals surface area contributed by atoms with Crippen LogP contribution in [0.5, 0.6) is 0 Å². The minimum Gasteiger partial charge on any atom is -0.334 e. The van der Waals surface area contributed by atoms with Crippen LogP contribution in [0.1, 0.15) is 24.6 Å². The van der Waals surface area contributed by atoms with Crippen molar-refractivity contribution in [1.82, 2.24) is 25.2 Å². The summed E-state index contributed by atoms with van der Waals surface area (Å²) >= 11 is 0. The number of aromatic nitrogens is 4. The molecule has 1 fully saturated rings. The number of aryl methyl sites for hydroxylation is 1. The van der Waals surface area contributed by atoms with Crippen molar-refractivity contribution in [2.45, 2.75) is 18.8 Å². The van der Waals surface area contributed by atoms with Crippen molar-refractivity contribution in [2.75, 3.05) is 13.1 Å². The summed E-state index contributed by atoms with van der Waals surface area (Å²) in [7, 11) is 1.87. The molecule has 1 saturated heterocycles. The van der Waals surface area contributed by atoms with Crippen molar-refractivity contribution < 1.29 is 4.52 Å². The molecule has 0 bridgehead atoms. The van der Waals surface area contributed by atoms with E-state index in [1.807, 2.05) is 13.2 Å². The number of piperidine rings is 1. The third-order valence-corrected chi connectivity index (χ3v) is 3.10. The Balaban J connectivity index is 1.82. The van der Waals surface area contributed by atoms with Gasteiger partial charge in [-0.15, -0.1) is 0 Å². The average Bonchev–Trinajstić information content (AvgIpc) is 2.98. The summed E-state index contributed by atoms with van der Waals surface area (Å²) in [6.45, 7) is 2.06. The third-order valence-electron chi connectivity index (χ3n) is 3.10. The highest BCUT2D eigenvalue weighted by atomic mass is 16.5. The molecule has 1 N–H and O–H groups in total. The molecule has 3 rings (SSSR count). The van der Waals surface area contributed by atoms with Gasteiger partial charge in [0.15, 0.2) is 5.82 Å². The van der Waals surface area contributed by atoms with E-state index < -0.39 is 0 Å². The Kier molecular flexibility index (Phi) is 2.64. The van der Waals surface area contributed by atoms with Crippen molar-refractivity contribution in [1.29, 1.82) is 0 Å². The van der Waals surface area contributed by atoms with Crippen LogP contribution in [0.2, 0.25) is 0 Å². The molecule has 0 spiro atoms. The fourth-order valence-corrected chi connectivity index (χ4v) is 2.13. The highest BCUT2D eigenvalue weighted by Gasteiger charge is 2.21. The standard InChI is InChI=1S/C11H15N5O/c1-16-7-9(6-13-16)11-14-10(15-17-11)8-2-4-12-5-3-8/h6-8,12H,2-5H2,1H3. The van der Waals surface area contributed by atoms with Gasteiger partial charge < -0.3 is 9.84 Å². The lowest BCUT2D eigenvalue weighted by molar-refractivity contribution is 0.392. The Morgan fingerprint density at radius 3 is 2.94 bits per heavy atom. The summed E-state index contributed by atoms with van der Waals surface area (Å²) in [6, 6.07) is 0. The summed E-state index contributed by atoms with van der Waals surface area (Å²) in [5.41, 5.74) is 0.875. The highest BCUT2D eigenvalue weighted by molar-refractivity contribution is 5.49. The van der Waals surface area contributed by atoms with E-state index in [9.17, 15) is 0 Å². The lowest BCUT2D eigenvalue weighted by atomic mass is 9.98. The Bertz CT molecular complexity index is 497. The van der Waals surface area contributed by atoms with Crippen molar-refractivity contribution in [3.8, 4) is 11.5 Å². The van der Waals surface area contributed by atoms with Crippen LogP contribution in [-0.2, 0) is 7.05 Å². The zero-order valence-corrected chi connectivity index (χ0v) is 9.76. The van der Waals surface area contributed by atoms with Crippen LogP contribution in [0.4, 0.5) is 0 Å². The Hall–Kier alpha value is -1.69. The van der Waals surface area contributed by atoms with Gasteiger partial charge in [0, 0.05) is 19.2 Å². The summed E-state index contributed by atoms with van der Waals surface area (Å²) in [6.07, 6.45) is 5.76. The molecule has 2 aromatic heterocycles. The lowest BCUT2D eigenvalue weighted by Gasteiger charge is -2.18. The molecule has 0 saturated carbocycles. The Morgan fingerprint density at radius 2 is 2.24 bits per heavy atom. The molecule has 0 unspecified atom stereocenters. The van der Waals surface area contributed by atoms with Gasteiger partial charge in [-0.25, -0.2) is 0 Å². The second-order valence-corrected chi connectivity index (χ2v) is 4.38. The van der Waals surface area contributed by atoms with Gasteiger partial charge in [-0.3, -0.25) is 4.68 Å². The van der Waals surface area contributed by atoms with Crippen molar-refractivity contribution in [3.63, 3.8) is 0 Å². The first kappa shape index (κ1) is 10.5. The van der Waals surface area contributed by atoms with Gasteiger partial charge >= 0.3 is 0 Å². The molecule has 17 heavy (non-hydrogen) atoms. The van der Waals surface area contributed by atoms with Gasteiger partial charge in [0.1, 0.15) is 0 Å². The summed E-state index contributed by atoms with van der Waals surface area (Å²) in [4.78, 5) is 4.46. The topological polar surface area (TPSA) is 68.8 Å². The van der Waals surface area contributed by atoms with Gasteiger partial charge in [-0.05, 0) is 25.9 Å². The zero-order valence-electron chi connectivity index (χ0n) is 9.76. The summed E-state index contributed by atoms with van der Waals surface area (Å²) in [5, 5.41) is 11.5. The maximum atomic E-state index is 5.28. The fourth-order valence-electron chi connectivity index (χ4n) is 2.13. The Labute approximate surface area is 99.0 Å². The van der Waals surface area contributed by atoms with Crippen LogP contribution in [0.25, 0.3) is 11.5 Å². The number of rotatable bonds is 2. The first-order chi connectivity index (χ1) is 8.33. The van der Waals surface area contributed by atoms with Gasteiger partial charge in [0.2, 0.25) is 0 Å². The predicted octanol–water partition coefficient (Wildman–Crippen LogP) is 0.937. The van der Waals surface area contributed by atoms with Gasteiger partial charge in [-0.1, -0.05) is 5.16 Å². The summed E-state index contributed by atoms with van der Waals surface area (Å²) < 4.78 is 7.01. The predicted molar refractivity (Wildman–Crippen MR) is 61.3 cm³/mol. The maximum absolute atomic E-state index is 5.28. The van der Waals surface area contributed by atoms with E-state index in [4.69, 9.17) is 4.52 Å². The first-order valence-electron chi connectivity index (χ1n) is 5.86. The molecule has 6 nitrogen and oxygen atoms in total. The van der Waals surface area contributed by atoms with Crippen LogP contribution in [0.15, 0.2) is 16.9 Å². The monoisotopic (exact) mass is 233 g/mol. The normalized spacial score (nSPS) is 17.5. The quantitative estimate of drug-likeness (QED) is 0.836. The molecule has 2 aromatic rings. The van der Waals surface area contributed by atoms with Gasteiger partial charge in [0.25, 0.3) is 5.89 Å². The maximum Gasteiger partial charge on any atom is 0.261 e. The SMILES string of the molecule is Cn1cc(-c2nc(C3CCNCC3)no2)cn1. The van der Waals surface area contributed by atoms with Crippen LogP contribution < -0.4 is 5.32 Å². The molecule has 6 heteroatoms. The fraction of sp³-hybridized carbons (Fsp3) is 0.545. The number of hydrogen-bond donors (Lipinski definition) is 1. The molecule has 0 amide bonds. The lowest BCUT2D eigenvalue weighted by Crippen LogP contribution is -2.27. The van der Waals surface area contributed by atoms with Gasteiger partial charge in [-0.2, -0.15) is 10.1 Å². The highest BCUT2D eigenvalue weighted by Crippen LogP contribution is 2.25. The number of nitrogens with one attached hydrogen (secondary N) is 1. The number of hydrogen-bond acceptors (Lipinski definition) is 5. The second kappa shape index (κ2) is 4.29. The molecule has 0 radical (unpaired) electrons. The van der Waals surface area contributed by atoms with Crippen LogP contribution >= 0.6 is 0 Å². The zero-order chi connectivity index (χ0) is 11.7. The first-order valence-corrected chi connectivity index (χ1v) is 5.86. The Morgan fingerprint density at radius 1 is 1.41 bits per heavy atom. The second-order valence-electron chi connectivity index (χ2n) is 4.38. The van der Waals surface area contributed by atoms with E-state index in [1.54, 1.807) is 10.9 Å².